The fourth-order valence-electron chi connectivity index (χ4n) is 2.18. The zero-order chi connectivity index (χ0) is 17.9. The van der Waals surface area contributed by atoms with Crippen LogP contribution in [0.5, 0.6) is 0 Å². The van der Waals surface area contributed by atoms with Gasteiger partial charge in [0.1, 0.15) is 12.4 Å². The highest BCUT2D eigenvalue weighted by Crippen LogP contribution is 2.19. The average Bonchev–Trinajstić information content (AvgIpc) is 3.28. The number of hydrogen-bond acceptors (Lipinski definition) is 5. The third-order valence-electron chi connectivity index (χ3n) is 3.54. The molecular formula is C18H28N4O2S. The summed E-state index contributed by atoms with van der Waals surface area (Å²) in [6, 6.07) is 3.78. The first-order valence-electron chi connectivity index (χ1n) is 8.68. The molecule has 2 aromatic rings. The number of nitrogens with zero attached hydrogens (tertiary/aromatic N) is 2. The predicted molar refractivity (Wildman–Crippen MR) is 102 cm³/mol. The lowest BCUT2D eigenvalue weighted by molar-refractivity contribution is 0.105. The van der Waals surface area contributed by atoms with E-state index >= 15 is 0 Å². The summed E-state index contributed by atoms with van der Waals surface area (Å²) in [4.78, 5) is 8.88. The molecule has 2 heterocycles. The number of aliphatic imine (C=N–C) groups is 1. The van der Waals surface area contributed by atoms with Crippen LogP contribution >= 0.6 is 11.3 Å². The minimum atomic E-state index is 0.496. The van der Waals surface area contributed by atoms with Gasteiger partial charge in [0.25, 0.3) is 0 Å². The topological polar surface area (TPSA) is 71.7 Å². The van der Waals surface area contributed by atoms with E-state index in [1.165, 1.54) is 5.01 Å². The summed E-state index contributed by atoms with van der Waals surface area (Å²) in [5.41, 5.74) is 1.14. The highest BCUT2D eigenvalue weighted by atomic mass is 32.1. The van der Waals surface area contributed by atoms with Crippen LogP contribution < -0.4 is 10.6 Å². The Morgan fingerprint density at radius 2 is 2.20 bits per heavy atom. The monoisotopic (exact) mass is 364 g/mol. The van der Waals surface area contributed by atoms with Gasteiger partial charge in [-0.25, -0.2) is 4.98 Å². The highest BCUT2D eigenvalue weighted by molar-refractivity contribution is 7.09. The maximum Gasteiger partial charge on any atom is 0.190 e. The Morgan fingerprint density at radius 3 is 2.88 bits per heavy atom. The fraction of sp³-hybridized carbons (Fsp3) is 0.556. The van der Waals surface area contributed by atoms with Crippen LogP contribution in [0.1, 0.15) is 42.6 Å². The van der Waals surface area contributed by atoms with Crippen LogP contribution in [0.15, 0.2) is 33.2 Å². The fourth-order valence-corrected chi connectivity index (χ4v) is 3.05. The molecule has 0 spiro atoms. The molecule has 2 aromatic heterocycles. The van der Waals surface area contributed by atoms with Crippen LogP contribution in [0.4, 0.5) is 0 Å². The van der Waals surface area contributed by atoms with Gasteiger partial charge in [-0.3, -0.25) is 4.99 Å². The number of guanidine groups is 1. The molecule has 0 unspecified atom stereocenters. The van der Waals surface area contributed by atoms with Gasteiger partial charge in [0.2, 0.25) is 0 Å². The predicted octanol–water partition coefficient (Wildman–Crippen LogP) is 3.17. The van der Waals surface area contributed by atoms with E-state index in [0.717, 1.165) is 43.3 Å². The average molecular weight is 365 g/mol. The van der Waals surface area contributed by atoms with Gasteiger partial charge in [-0.05, 0) is 18.6 Å². The molecule has 0 saturated carbocycles. The van der Waals surface area contributed by atoms with E-state index in [2.05, 4.69) is 39.8 Å². The van der Waals surface area contributed by atoms with E-state index in [0.29, 0.717) is 19.1 Å². The van der Waals surface area contributed by atoms with Gasteiger partial charge in [-0.15, -0.1) is 11.3 Å². The summed E-state index contributed by atoms with van der Waals surface area (Å²) < 4.78 is 10.8. The van der Waals surface area contributed by atoms with Gasteiger partial charge < -0.3 is 19.8 Å². The molecule has 0 fully saturated rings. The van der Waals surface area contributed by atoms with E-state index in [1.54, 1.807) is 24.6 Å². The van der Waals surface area contributed by atoms with Crippen molar-refractivity contribution < 1.29 is 9.15 Å². The summed E-state index contributed by atoms with van der Waals surface area (Å²) in [7, 11) is 1.78. The molecule has 7 heteroatoms. The van der Waals surface area contributed by atoms with Gasteiger partial charge in [-0.1, -0.05) is 13.8 Å². The van der Waals surface area contributed by atoms with Gasteiger partial charge in [0.15, 0.2) is 5.96 Å². The zero-order valence-corrected chi connectivity index (χ0v) is 16.1. The lowest BCUT2D eigenvalue weighted by Crippen LogP contribution is -2.39. The third-order valence-corrected chi connectivity index (χ3v) is 4.74. The Balaban J connectivity index is 1.54. The lowest BCUT2D eigenvalue weighted by Gasteiger charge is -2.11. The summed E-state index contributed by atoms with van der Waals surface area (Å²) in [5.74, 6) is 2.16. The van der Waals surface area contributed by atoms with Gasteiger partial charge in [-0.2, -0.15) is 0 Å². The molecule has 6 nitrogen and oxygen atoms in total. The molecule has 138 valence electrons. The molecule has 0 amide bonds. The van der Waals surface area contributed by atoms with Crippen molar-refractivity contribution in [1.29, 1.82) is 0 Å². The lowest BCUT2D eigenvalue weighted by atomic mass is 10.2. The SMILES string of the molecule is CN=C(NCCCOCc1ccco1)NCCc1csc(C(C)C)n1. The quantitative estimate of drug-likeness (QED) is 0.385. The second-order valence-corrected chi connectivity index (χ2v) is 6.88. The number of furan rings is 1. The van der Waals surface area contributed by atoms with Crippen LogP contribution in [-0.2, 0) is 17.8 Å². The highest BCUT2D eigenvalue weighted by Gasteiger charge is 2.06. The molecule has 25 heavy (non-hydrogen) atoms. The minimum Gasteiger partial charge on any atom is -0.467 e. The number of thiazole rings is 1. The van der Waals surface area contributed by atoms with Crippen LogP contribution in [0.2, 0.25) is 0 Å². The Kier molecular flexibility index (Phi) is 8.48. The standard InChI is InChI=1S/C18H28N4O2S/c1-14(2)17-22-15(13-25-17)7-9-21-18(19-3)20-8-5-10-23-12-16-6-4-11-24-16/h4,6,11,13-14H,5,7-10,12H2,1-3H3,(H2,19,20,21). The Hall–Kier alpha value is -1.86. The van der Waals surface area contributed by atoms with Crippen molar-refractivity contribution in [2.24, 2.45) is 4.99 Å². The second kappa shape index (κ2) is 10.9. The third kappa shape index (κ3) is 7.27. The van der Waals surface area contributed by atoms with Gasteiger partial charge >= 0.3 is 0 Å². The van der Waals surface area contributed by atoms with Crippen LogP contribution in [0.25, 0.3) is 0 Å². The number of aromatic nitrogens is 1. The molecule has 0 atom stereocenters. The first kappa shape index (κ1) is 19.5. The van der Waals surface area contributed by atoms with Gasteiger partial charge in [0.05, 0.1) is 17.0 Å². The molecule has 0 aliphatic carbocycles. The second-order valence-electron chi connectivity index (χ2n) is 5.99. The van der Waals surface area contributed by atoms with Crippen LogP contribution in [-0.4, -0.2) is 37.7 Å². The van der Waals surface area contributed by atoms with Crippen molar-refractivity contribution in [1.82, 2.24) is 15.6 Å². The zero-order valence-electron chi connectivity index (χ0n) is 15.2. The van der Waals surface area contributed by atoms with Crippen molar-refractivity contribution in [3.8, 4) is 0 Å². The van der Waals surface area contributed by atoms with Crippen LogP contribution in [0.3, 0.4) is 0 Å². The van der Waals surface area contributed by atoms with E-state index in [9.17, 15) is 0 Å². The largest absolute Gasteiger partial charge is 0.467 e. The molecule has 2 N–H and O–H groups in total. The Labute approximate surface area is 153 Å². The summed E-state index contributed by atoms with van der Waals surface area (Å²) in [6.07, 6.45) is 3.46. The molecule has 0 aromatic carbocycles. The van der Waals surface area contributed by atoms with Crippen molar-refractivity contribution in [3.05, 3.63) is 40.2 Å². The molecular weight excluding hydrogens is 336 g/mol. The Morgan fingerprint density at radius 1 is 1.36 bits per heavy atom. The number of ether oxygens (including phenoxy) is 1. The summed E-state index contributed by atoms with van der Waals surface area (Å²) >= 11 is 1.74. The van der Waals surface area contributed by atoms with Crippen molar-refractivity contribution in [2.75, 3.05) is 26.7 Å². The van der Waals surface area contributed by atoms with Crippen LogP contribution in [0, 0.1) is 0 Å². The maximum atomic E-state index is 5.55. The number of rotatable bonds is 10. The molecule has 0 aliphatic rings. The van der Waals surface area contributed by atoms with E-state index in [1.807, 2.05) is 12.1 Å². The summed E-state index contributed by atoms with van der Waals surface area (Å²) in [5, 5.41) is 9.95. The van der Waals surface area contributed by atoms with Gasteiger partial charge in [0, 0.05) is 44.5 Å². The molecule has 2 rings (SSSR count). The van der Waals surface area contributed by atoms with Crippen molar-refractivity contribution in [2.45, 2.75) is 39.2 Å². The van der Waals surface area contributed by atoms with E-state index < -0.39 is 0 Å². The molecule has 0 radical (unpaired) electrons. The normalized spacial score (nSPS) is 11.9. The first-order valence-corrected chi connectivity index (χ1v) is 9.56. The first-order chi connectivity index (χ1) is 12.2. The van der Waals surface area contributed by atoms with Crippen molar-refractivity contribution in [3.63, 3.8) is 0 Å². The smallest absolute Gasteiger partial charge is 0.190 e. The molecule has 0 aliphatic heterocycles. The molecule has 0 saturated heterocycles. The minimum absolute atomic E-state index is 0.496. The number of hydrogen-bond donors (Lipinski definition) is 2. The number of nitrogens with one attached hydrogen (secondary N) is 2. The van der Waals surface area contributed by atoms with E-state index in [4.69, 9.17) is 9.15 Å². The van der Waals surface area contributed by atoms with E-state index in [-0.39, 0.29) is 0 Å². The molecule has 0 bridgehead atoms. The van der Waals surface area contributed by atoms with Crippen molar-refractivity contribution >= 4 is 17.3 Å². The maximum absolute atomic E-state index is 5.55. The Bertz CT molecular complexity index is 623. The summed E-state index contributed by atoms with van der Waals surface area (Å²) in [6.45, 7) is 7.17.